The predicted octanol–water partition coefficient (Wildman–Crippen LogP) is 2.14. The molecule has 3 N–H and O–H groups in total. The molecule has 0 saturated heterocycles. The molecule has 0 fully saturated rings. The third kappa shape index (κ3) is 4.08. The molecule has 1 rings (SSSR count). The summed E-state index contributed by atoms with van der Waals surface area (Å²) in [5, 5.41) is 21.1. The summed E-state index contributed by atoms with van der Waals surface area (Å²) in [6, 6.07) is 2.35. The van der Waals surface area contributed by atoms with E-state index in [2.05, 4.69) is 5.32 Å². The Balaban J connectivity index is 2.75. The number of aliphatic hydroxyl groups excluding tert-OH is 2. The summed E-state index contributed by atoms with van der Waals surface area (Å²) in [5.41, 5.74) is 0.554. The van der Waals surface area contributed by atoms with Crippen LogP contribution in [0.4, 0.5) is 4.39 Å². The summed E-state index contributed by atoms with van der Waals surface area (Å²) in [7, 11) is 0. The Labute approximate surface area is 109 Å². The third-order valence-corrected chi connectivity index (χ3v) is 2.99. The fraction of sp³-hybridized carbons (Fsp3) is 0.455. The molecule has 0 aliphatic carbocycles. The number of rotatable bonds is 5. The normalized spacial score (nSPS) is 14.7. The summed E-state index contributed by atoms with van der Waals surface area (Å²) >= 11 is 11.5. The van der Waals surface area contributed by atoms with Crippen LogP contribution in [0.2, 0.25) is 10.0 Å². The van der Waals surface area contributed by atoms with Crippen LogP contribution in [0.15, 0.2) is 12.1 Å². The highest BCUT2D eigenvalue weighted by molar-refractivity contribution is 6.35. The lowest BCUT2D eigenvalue weighted by Gasteiger charge is -2.18. The zero-order valence-corrected chi connectivity index (χ0v) is 10.8. The molecule has 0 radical (unpaired) electrons. The van der Waals surface area contributed by atoms with Crippen LogP contribution in [-0.4, -0.2) is 29.5 Å². The van der Waals surface area contributed by atoms with Crippen molar-refractivity contribution in [2.75, 3.05) is 13.2 Å². The molecule has 0 saturated carbocycles. The molecule has 17 heavy (non-hydrogen) atoms. The highest BCUT2D eigenvalue weighted by Gasteiger charge is 2.14. The van der Waals surface area contributed by atoms with Crippen LogP contribution >= 0.6 is 23.2 Å². The first-order valence-electron chi connectivity index (χ1n) is 5.12. The van der Waals surface area contributed by atoms with Crippen LogP contribution in [0.1, 0.15) is 18.5 Å². The van der Waals surface area contributed by atoms with Crippen LogP contribution < -0.4 is 5.32 Å². The van der Waals surface area contributed by atoms with Crippen molar-refractivity contribution in [1.29, 1.82) is 0 Å². The molecule has 0 aliphatic rings. The van der Waals surface area contributed by atoms with Gasteiger partial charge in [-0.1, -0.05) is 23.2 Å². The van der Waals surface area contributed by atoms with Crippen molar-refractivity contribution in [3.05, 3.63) is 33.6 Å². The lowest BCUT2D eigenvalue weighted by atomic mass is 10.1. The summed E-state index contributed by atoms with van der Waals surface area (Å²) in [4.78, 5) is 0. The monoisotopic (exact) mass is 281 g/mol. The first kappa shape index (κ1) is 14.7. The van der Waals surface area contributed by atoms with E-state index in [-0.39, 0.29) is 24.2 Å². The maximum Gasteiger partial charge on any atom is 0.142 e. The highest BCUT2D eigenvalue weighted by atomic mass is 35.5. The van der Waals surface area contributed by atoms with Crippen molar-refractivity contribution >= 4 is 23.2 Å². The van der Waals surface area contributed by atoms with E-state index in [9.17, 15) is 9.50 Å². The molecular formula is C11H14Cl2FNO2. The predicted molar refractivity (Wildman–Crippen MR) is 65.9 cm³/mol. The second-order valence-electron chi connectivity index (χ2n) is 3.75. The summed E-state index contributed by atoms with van der Waals surface area (Å²) in [6.45, 7) is 1.64. The SMILES string of the molecule is CC(NCC(O)CO)c1cc(F)c(Cl)cc1Cl. The molecule has 96 valence electrons. The van der Waals surface area contributed by atoms with Crippen molar-refractivity contribution < 1.29 is 14.6 Å². The number of halogens is 3. The molecule has 0 amide bonds. The maximum atomic E-state index is 13.3. The van der Waals surface area contributed by atoms with Gasteiger partial charge >= 0.3 is 0 Å². The number of hydrogen-bond acceptors (Lipinski definition) is 3. The summed E-state index contributed by atoms with van der Waals surface area (Å²) in [6.07, 6.45) is -0.853. The Kier molecular flexibility index (Phi) is 5.62. The molecule has 0 bridgehead atoms. The van der Waals surface area contributed by atoms with E-state index in [1.807, 2.05) is 0 Å². The molecule has 0 aliphatic heterocycles. The third-order valence-electron chi connectivity index (χ3n) is 2.38. The minimum Gasteiger partial charge on any atom is -0.394 e. The van der Waals surface area contributed by atoms with E-state index in [4.69, 9.17) is 28.3 Å². The van der Waals surface area contributed by atoms with Gasteiger partial charge in [0.15, 0.2) is 0 Å². The maximum absolute atomic E-state index is 13.3. The molecule has 0 aromatic heterocycles. The van der Waals surface area contributed by atoms with Gasteiger partial charge in [-0.05, 0) is 24.6 Å². The fourth-order valence-electron chi connectivity index (χ4n) is 1.36. The van der Waals surface area contributed by atoms with Gasteiger partial charge < -0.3 is 15.5 Å². The number of benzene rings is 1. The van der Waals surface area contributed by atoms with Crippen LogP contribution in [0.25, 0.3) is 0 Å². The Hall–Kier alpha value is -0.390. The van der Waals surface area contributed by atoms with E-state index in [1.54, 1.807) is 6.92 Å². The van der Waals surface area contributed by atoms with Gasteiger partial charge in [0.1, 0.15) is 5.82 Å². The summed E-state index contributed by atoms with van der Waals surface area (Å²) in [5.74, 6) is -0.539. The molecule has 1 aromatic carbocycles. The minimum absolute atomic E-state index is 0.0265. The van der Waals surface area contributed by atoms with Gasteiger partial charge in [-0.3, -0.25) is 0 Å². The highest BCUT2D eigenvalue weighted by Crippen LogP contribution is 2.28. The molecule has 1 aromatic rings. The van der Waals surface area contributed by atoms with Crippen molar-refractivity contribution in [2.45, 2.75) is 19.1 Å². The summed E-state index contributed by atoms with van der Waals surface area (Å²) < 4.78 is 13.3. The van der Waals surface area contributed by atoms with Crippen LogP contribution in [0, 0.1) is 5.82 Å². The van der Waals surface area contributed by atoms with E-state index in [0.29, 0.717) is 10.6 Å². The van der Waals surface area contributed by atoms with Crippen molar-refractivity contribution in [1.82, 2.24) is 5.32 Å². The first-order chi connectivity index (χ1) is 7.95. The topological polar surface area (TPSA) is 52.5 Å². The van der Waals surface area contributed by atoms with Gasteiger partial charge in [-0.2, -0.15) is 0 Å². The van der Waals surface area contributed by atoms with Gasteiger partial charge in [0.2, 0.25) is 0 Å². The van der Waals surface area contributed by atoms with Gasteiger partial charge in [-0.25, -0.2) is 4.39 Å². The smallest absolute Gasteiger partial charge is 0.142 e. The van der Waals surface area contributed by atoms with Crippen LogP contribution in [0.3, 0.4) is 0 Å². The van der Waals surface area contributed by atoms with Crippen LogP contribution in [0.5, 0.6) is 0 Å². The van der Waals surface area contributed by atoms with Gasteiger partial charge in [0.25, 0.3) is 0 Å². The average molecular weight is 282 g/mol. The van der Waals surface area contributed by atoms with E-state index in [0.717, 1.165) is 0 Å². The Bertz CT molecular complexity index is 390. The van der Waals surface area contributed by atoms with Crippen molar-refractivity contribution in [3.63, 3.8) is 0 Å². The number of aliphatic hydroxyl groups is 2. The molecular weight excluding hydrogens is 268 g/mol. The Morgan fingerprint density at radius 1 is 1.35 bits per heavy atom. The largest absolute Gasteiger partial charge is 0.394 e. The van der Waals surface area contributed by atoms with Gasteiger partial charge in [-0.15, -0.1) is 0 Å². The Morgan fingerprint density at radius 2 is 2.00 bits per heavy atom. The van der Waals surface area contributed by atoms with Gasteiger partial charge in [0.05, 0.1) is 17.7 Å². The molecule has 0 spiro atoms. The zero-order valence-electron chi connectivity index (χ0n) is 9.25. The second-order valence-corrected chi connectivity index (χ2v) is 4.57. The molecule has 2 atom stereocenters. The molecule has 6 heteroatoms. The molecule has 0 heterocycles. The molecule has 3 nitrogen and oxygen atoms in total. The fourth-order valence-corrected chi connectivity index (χ4v) is 1.90. The average Bonchev–Trinajstić information content (AvgIpc) is 2.30. The number of nitrogens with one attached hydrogen (secondary N) is 1. The van der Waals surface area contributed by atoms with Crippen molar-refractivity contribution in [3.8, 4) is 0 Å². The lowest BCUT2D eigenvalue weighted by Crippen LogP contribution is -2.31. The van der Waals surface area contributed by atoms with E-state index >= 15 is 0 Å². The number of hydrogen-bond donors (Lipinski definition) is 3. The quantitative estimate of drug-likeness (QED) is 0.725. The van der Waals surface area contributed by atoms with Crippen LogP contribution in [-0.2, 0) is 0 Å². The Morgan fingerprint density at radius 3 is 2.59 bits per heavy atom. The minimum atomic E-state index is -0.853. The zero-order chi connectivity index (χ0) is 13.0. The lowest BCUT2D eigenvalue weighted by molar-refractivity contribution is 0.0924. The van der Waals surface area contributed by atoms with E-state index < -0.39 is 11.9 Å². The van der Waals surface area contributed by atoms with E-state index in [1.165, 1.54) is 12.1 Å². The first-order valence-corrected chi connectivity index (χ1v) is 5.88. The molecule has 2 unspecified atom stereocenters. The standard InChI is InChI=1S/C11H14Cl2FNO2/c1-6(15-4-7(17)5-16)8-2-11(14)10(13)3-9(8)12/h2-3,6-7,15-17H,4-5H2,1H3. The second kappa shape index (κ2) is 6.52. The van der Waals surface area contributed by atoms with Crippen molar-refractivity contribution in [2.24, 2.45) is 0 Å². The van der Waals surface area contributed by atoms with Gasteiger partial charge in [0, 0.05) is 17.6 Å².